The van der Waals surface area contributed by atoms with Gasteiger partial charge in [-0.15, -0.1) is 5.10 Å². The van der Waals surface area contributed by atoms with Crippen LogP contribution in [0.1, 0.15) is 5.56 Å². The van der Waals surface area contributed by atoms with Gasteiger partial charge in [0, 0.05) is 5.39 Å². The minimum absolute atomic E-state index is 0.254. The van der Waals surface area contributed by atoms with Crippen LogP contribution >= 0.6 is 0 Å². The molecule has 5 heteroatoms. The number of nitrogens with two attached hydrogens (primary N) is 1. The summed E-state index contributed by atoms with van der Waals surface area (Å²) < 4.78 is 1.14. The zero-order chi connectivity index (χ0) is 10.1. The lowest BCUT2D eigenvalue weighted by molar-refractivity contribution is 0.543. The number of nitrogens with zero attached hydrogens (tertiary/aromatic N) is 3. The number of hydrogen-bond donors (Lipinski definition) is 1. The predicted molar refractivity (Wildman–Crippen MR) is 51.0 cm³/mol. The zero-order valence-corrected chi connectivity index (χ0v) is 7.14. The number of benzene rings is 1. The molecule has 0 spiro atoms. The number of aromatic nitrogens is 2. The van der Waals surface area contributed by atoms with Crippen molar-refractivity contribution in [3.05, 3.63) is 23.8 Å². The molecule has 0 unspecified atom stereocenters. The Bertz CT molecular complexity index is 550. The van der Waals surface area contributed by atoms with Gasteiger partial charge in [0.05, 0.1) is 17.1 Å². The van der Waals surface area contributed by atoms with Crippen molar-refractivity contribution in [3.8, 4) is 6.07 Å². The summed E-state index contributed by atoms with van der Waals surface area (Å²) >= 11 is 0. The van der Waals surface area contributed by atoms with E-state index in [1.165, 1.54) is 0 Å². The van der Waals surface area contributed by atoms with Crippen LogP contribution in [0.3, 0.4) is 0 Å². The van der Waals surface area contributed by atoms with Crippen LogP contribution in [-0.2, 0) is 4.79 Å². The number of nitrogen functional groups attached to an aromatic ring is 1. The molecule has 0 radical (unpaired) electrons. The maximum atomic E-state index is 10.6. The molecular formula is C9H6N4O. The molecular weight excluding hydrogens is 180 g/mol. The zero-order valence-electron chi connectivity index (χ0n) is 7.14. The molecule has 0 aliphatic rings. The van der Waals surface area contributed by atoms with Gasteiger partial charge in [-0.1, -0.05) is 0 Å². The van der Waals surface area contributed by atoms with E-state index in [0.29, 0.717) is 22.9 Å². The highest BCUT2D eigenvalue weighted by molar-refractivity contribution is 5.93. The minimum atomic E-state index is 0.254. The summed E-state index contributed by atoms with van der Waals surface area (Å²) in [5, 5.41) is 13.1. The molecule has 2 N–H and O–H groups in total. The van der Waals surface area contributed by atoms with Gasteiger partial charge in [0.2, 0.25) is 6.41 Å². The molecule has 1 heterocycles. The molecule has 2 rings (SSSR count). The van der Waals surface area contributed by atoms with Gasteiger partial charge in [0.15, 0.2) is 5.82 Å². The van der Waals surface area contributed by atoms with Gasteiger partial charge < -0.3 is 5.73 Å². The molecule has 0 saturated heterocycles. The molecule has 0 bridgehead atoms. The molecule has 0 saturated carbocycles. The molecule has 14 heavy (non-hydrogen) atoms. The Hall–Kier alpha value is -2.35. The summed E-state index contributed by atoms with van der Waals surface area (Å²) in [6, 6.07) is 6.86. The first-order valence-corrected chi connectivity index (χ1v) is 3.89. The summed E-state index contributed by atoms with van der Waals surface area (Å²) in [6.45, 7) is 0. The first-order valence-electron chi connectivity index (χ1n) is 3.89. The Morgan fingerprint density at radius 3 is 3.00 bits per heavy atom. The maximum Gasteiger partial charge on any atom is 0.234 e. The average molecular weight is 186 g/mol. The van der Waals surface area contributed by atoms with Crippen molar-refractivity contribution in [2.45, 2.75) is 0 Å². The van der Waals surface area contributed by atoms with Crippen LogP contribution < -0.4 is 5.73 Å². The SMILES string of the molecule is N#Cc1ccc2c(c1)c(N)nn2C=O. The van der Waals surface area contributed by atoms with Crippen LogP contribution in [0.5, 0.6) is 0 Å². The van der Waals surface area contributed by atoms with E-state index in [1.807, 2.05) is 6.07 Å². The molecule has 0 atom stereocenters. The third-order valence-corrected chi connectivity index (χ3v) is 1.96. The fourth-order valence-corrected chi connectivity index (χ4v) is 1.31. The molecule has 1 aromatic carbocycles. The van der Waals surface area contributed by atoms with Gasteiger partial charge in [-0.05, 0) is 18.2 Å². The van der Waals surface area contributed by atoms with Gasteiger partial charge >= 0.3 is 0 Å². The Balaban J connectivity index is 2.84. The third-order valence-electron chi connectivity index (χ3n) is 1.96. The topological polar surface area (TPSA) is 84.7 Å². The molecule has 2 aromatic rings. The largest absolute Gasteiger partial charge is 0.382 e. The fraction of sp³-hybridized carbons (Fsp3) is 0. The van der Waals surface area contributed by atoms with Gasteiger partial charge in [0.25, 0.3) is 0 Å². The number of fused-ring (bicyclic) bond motifs is 1. The van der Waals surface area contributed by atoms with Crippen LogP contribution in [0.2, 0.25) is 0 Å². The van der Waals surface area contributed by atoms with Crippen LogP contribution in [0.4, 0.5) is 5.82 Å². The van der Waals surface area contributed by atoms with Gasteiger partial charge in [0.1, 0.15) is 0 Å². The molecule has 68 valence electrons. The summed E-state index contributed by atoms with van der Waals surface area (Å²) in [7, 11) is 0. The monoisotopic (exact) mass is 186 g/mol. The fourth-order valence-electron chi connectivity index (χ4n) is 1.31. The Kier molecular flexibility index (Phi) is 1.68. The van der Waals surface area contributed by atoms with Crippen molar-refractivity contribution in [2.75, 3.05) is 5.73 Å². The second-order valence-electron chi connectivity index (χ2n) is 2.78. The van der Waals surface area contributed by atoms with Crippen molar-refractivity contribution in [1.29, 1.82) is 5.26 Å². The third kappa shape index (κ3) is 1.02. The van der Waals surface area contributed by atoms with Crippen molar-refractivity contribution in [1.82, 2.24) is 9.78 Å². The Morgan fingerprint density at radius 2 is 2.36 bits per heavy atom. The molecule has 0 aliphatic heterocycles. The number of rotatable bonds is 1. The molecule has 1 aromatic heterocycles. The van der Waals surface area contributed by atoms with E-state index in [2.05, 4.69) is 5.10 Å². The number of hydrogen-bond acceptors (Lipinski definition) is 4. The van der Waals surface area contributed by atoms with E-state index < -0.39 is 0 Å². The quantitative estimate of drug-likeness (QED) is 0.658. The highest BCUT2D eigenvalue weighted by Crippen LogP contribution is 2.20. The Labute approximate surface area is 79.3 Å². The van der Waals surface area contributed by atoms with Crippen LogP contribution in [0, 0.1) is 11.3 Å². The molecule has 0 fully saturated rings. The van der Waals surface area contributed by atoms with E-state index in [1.54, 1.807) is 18.2 Å². The van der Waals surface area contributed by atoms with Crippen molar-refractivity contribution < 1.29 is 4.79 Å². The standard InChI is InChI=1S/C9H6N4O/c10-4-6-1-2-8-7(3-6)9(11)12-13(8)5-14/h1-3,5H,(H2,11,12). The predicted octanol–water partition coefficient (Wildman–Crippen LogP) is 0.528. The van der Waals surface area contributed by atoms with Gasteiger partial charge in [-0.3, -0.25) is 4.79 Å². The second kappa shape index (κ2) is 2.85. The van der Waals surface area contributed by atoms with E-state index in [-0.39, 0.29) is 5.82 Å². The van der Waals surface area contributed by atoms with E-state index >= 15 is 0 Å². The maximum absolute atomic E-state index is 10.6. The number of carbonyl (C=O) groups excluding carboxylic acids is 1. The lowest BCUT2D eigenvalue weighted by Gasteiger charge is -1.91. The lowest BCUT2D eigenvalue weighted by Crippen LogP contribution is -1.96. The molecule has 0 amide bonds. The van der Waals surface area contributed by atoms with E-state index in [4.69, 9.17) is 11.0 Å². The highest BCUT2D eigenvalue weighted by atomic mass is 16.1. The average Bonchev–Trinajstić information content (AvgIpc) is 2.55. The summed E-state index contributed by atoms with van der Waals surface area (Å²) in [4.78, 5) is 10.6. The normalized spacial score (nSPS) is 9.93. The van der Waals surface area contributed by atoms with Crippen molar-refractivity contribution in [2.24, 2.45) is 0 Å². The van der Waals surface area contributed by atoms with E-state index in [9.17, 15) is 4.79 Å². The molecule has 5 nitrogen and oxygen atoms in total. The first kappa shape index (κ1) is 8.26. The van der Waals surface area contributed by atoms with Gasteiger partial charge in [-0.25, -0.2) is 4.68 Å². The smallest absolute Gasteiger partial charge is 0.234 e. The number of nitriles is 1. The summed E-state index contributed by atoms with van der Waals surface area (Å²) in [5.41, 5.74) is 6.68. The summed E-state index contributed by atoms with van der Waals surface area (Å²) in [5.74, 6) is 0.254. The number of anilines is 1. The van der Waals surface area contributed by atoms with Crippen LogP contribution in [-0.4, -0.2) is 16.2 Å². The van der Waals surface area contributed by atoms with Crippen LogP contribution in [0.15, 0.2) is 18.2 Å². The molecule has 0 aliphatic carbocycles. The van der Waals surface area contributed by atoms with Gasteiger partial charge in [-0.2, -0.15) is 5.26 Å². The highest BCUT2D eigenvalue weighted by Gasteiger charge is 2.07. The van der Waals surface area contributed by atoms with E-state index in [0.717, 1.165) is 4.68 Å². The Morgan fingerprint density at radius 1 is 1.57 bits per heavy atom. The number of carbonyl (C=O) groups is 1. The first-order chi connectivity index (χ1) is 6.76. The van der Waals surface area contributed by atoms with Crippen molar-refractivity contribution >= 4 is 23.1 Å². The summed E-state index contributed by atoms with van der Waals surface area (Å²) in [6.07, 6.45) is 0.574. The van der Waals surface area contributed by atoms with Crippen LogP contribution in [0.25, 0.3) is 10.9 Å². The minimum Gasteiger partial charge on any atom is -0.382 e. The van der Waals surface area contributed by atoms with Crippen molar-refractivity contribution in [3.63, 3.8) is 0 Å². The second-order valence-corrected chi connectivity index (χ2v) is 2.78. The lowest BCUT2D eigenvalue weighted by atomic mass is 10.2.